The molecule has 6 heteroatoms. The first-order chi connectivity index (χ1) is 11.7. The maximum absolute atomic E-state index is 12.4. The summed E-state index contributed by atoms with van der Waals surface area (Å²) in [6, 6.07) is 2.00. The van der Waals surface area contributed by atoms with Crippen molar-refractivity contribution in [3.8, 4) is 0 Å². The molecule has 0 spiro atoms. The Bertz CT molecular complexity index is 552. The van der Waals surface area contributed by atoms with Gasteiger partial charge in [0.15, 0.2) is 0 Å². The fourth-order valence-corrected chi connectivity index (χ4v) is 3.79. The SMILES string of the molecule is CCOC(=O)C1(CNc2cc(N3CCCCC3)ncn2)CCCC1. The lowest BCUT2D eigenvalue weighted by atomic mass is 9.86. The van der Waals surface area contributed by atoms with Crippen molar-refractivity contribution in [1.29, 1.82) is 0 Å². The number of hydrogen-bond donors (Lipinski definition) is 1. The van der Waals surface area contributed by atoms with Gasteiger partial charge in [-0.1, -0.05) is 12.8 Å². The van der Waals surface area contributed by atoms with Crippen molar-refractivity contribution in [3.63, 3.8) is 0 Å². The fraction of sp³-hybridized carbons (Fsp3) is 0.722. The van der Waals surface area contributed by atoms with Crippen molar-refractivity contribution in [3.05, 3.63) is 12.4 Å². The third kappa shape index (κ3) is 3.79. The summed E-state index contributed by atoms with van der Waals surface area (Å²) < 4.78 is 5.32. The quantitative estimate of drug-likeness (QED) is 0.808. The second-order valence-corrected chi connectivity index (χ2v) is 6.87. The van der Waals surface area contributed by atoms with Crippen LogP contribution in [0.5, 0.6) is 0 Å². The highest BCUT2D eigenvalue weighted by Gasteiger charge is 2.42. The van der Waals surface area contributed by atoms with Gasteiger partial charge in [0.1, 0.15) is 18.0 Å². The topological polar surface area (TPSA) is 67.3 Å². The van der Waals surface area contributed by atoms with Gasteiger partial charge in [-0.3, -0.25) is 4.79 Å². The molecule has 1 saturated heterocycles. The van der Waals surface area contributed by atoms with Gasteiger partial charge in [-0.05, 0) is 39.0 Å². The van der Waals surface area contributed by atoms with Crippen LogP contribution in [0.2, 0.25) is 0 Å². The zero-order valence-electron chi connectivity index (χ0n) is 14.6. The van der Waals surface area contributed by atoms with Crippen LogP contribution < -0.4 is 10.2 Å². The van der Waals surface area contributed by atoms with Gasteiger partial charge in [0, 0.05) is 25.7 Å². The van der Waals surface area contributed by atoms with E-state index in [2.05, 4.69) is 20.2 Å². The Labute approximate surface area is 144 Å². The number of nitrogens with one attached hydrogen (secondary N) is 1. The molecular formula is C18H28N4O2. The van der Waals surface area contributed by atoms with E-state index in [1.807, 2.05) is 13.0 Å². The summed E-state index contributed by atoms with van der Waals surface area (Å²) in [5.41, 5.74) is -0.397. The maximum atomic E-state index is 12.4. The molecule has 0 amide bonds. The van der Waals surface area contributed by atoms with Crippen molar-refractivity contribution < 1.29 is 9.53 Å². The van der Waals surface area contributed by atoms with Gasteiger partial charge in [0.25, 0.3) is 0 Å². The normalized spacial score (nSPS) is 20.0. The first-order valence-electron chi connectivity index (χ1n) is 9.22. The molecular weight excluding hydrogens is 304 g/mol. The molecule has 2 fully saturated rings. The van der Waals surface area contributed by atoms with Crippen molar-refractivity contribution in [2.45, 2.75) is 51.9 Å². The summed E-state index contributed by atoms with van der Waals surface area (Å²) in [5.74, 6) is 1.70. The van der Waals surface area contributed by atoms with Gasteiger partial charge < -0.3 is 15.0 Å². The third-order valence-corrected chi connectivity index (χ3v) is 5.21. The number of aromatic nitrogens is 2. The molecule has 0 unspecified atom stereocenters. The molecule has 132 valence electrons. The summed E-state index contributed by atoms with van der Waals surface area (Å²) in [5, 5.41) is 3.37. The predicted octanol–water partition coefficient (Wildman–Crippen LogP) is 3.00. The van der Waals surface area contributed by atoms with Gasteiger partial charge >= 0.3 is 5.97 Å². The van der Waals surface area contributed by atoms with Crippen LogP contribution in [0.4, 0.5) is 11.6 Å². The van der Waals surface area contributed by atoms with Gasteiger partial charge in [-0.2, -0.15) is 0 Å². The van der Waals surface area contributed by atoms with E-state index in [9.17, 15) is 4.79 Å². The largest absolute Gasteiger partial charge is 0.466 e. The highest BCUT2D eigenvalue weighted by atomic mass is 16.5. The first kappa shape index (κ1) is 17.0. The Morgan fingerprint density at radius 3 is 2.67 bits per heavy atom. The van der Waals surface area contributed by atoms with E-state index < -0.39 is 5.41 Å². The van der Waals surface area contributed by atoms with E-state index in [4.69, 9.17) is 4.74 Å². The van der Waals surface area contributed by atoms with Crippen LogP contribution in [-0.2, 0) is 9.53 Å². The van der Waals surface area contributed by atoms with Gasteiger partial charge in [-0.25, -0.2) is 9.97 Å². The summed E-state index contributed by atoms with van der Waals surface area (Å²) in [6.45, 7) is 5.01. The molecule has 0 bridgehead atoms. The number of rotatable bonds is 6. The molecule has 1 saturated carbocycles. The maximum Gasteiger partial charge on any atom is 0.313 e. The van der Waals surface area contributed by atoms with E-state index >= 15 is 0 Å². The number of piperidine rings is 1. The van der Waals surface area contributed by atoms with E-state index in [1.54, 1.807) is 6.33 Å². The highest BCUT2D eigenvalue weighted by molar-refractivity contribution is 5.78. The summed E-state index contributed by atoms with van der Waals surface area (Å²) in [6.07, 6.45) is 9.31. The minimum atomic E-state index is -0.397. The van der Waals surface area contributed by atoms with Crippen LogP contribution >= 0.6 is 0 Å². The zero-order valence-corrected chi connectivity index (χ0v) is 14.6. The molecule has 1 aromatic rings. The minimum Gasteiger partial charge on any atom is -0.466 e. The van der Waals surface area contributed by atoms with E-state index in [0.29, 0.717) is 13.2 Å². The average Bonchev–Trinajstić information content (AvgIpc) is 3.12. The molecule has 24 heavy (non-hydrogen) atoms. The van der Waals surface area contributed by atoms with Crippen LogP contribution in [0.15, 0.2) is 12.4 Å². The number of nitrogens with zero attached hydrogens (tertiary/aromatic N) is 3. The summed E-state index contributed by atoms with van der Waals surface area (Å²) in [7, 11) is 0. The molecule has 1 aliphatic heterocycles. The Morgan fingerprint density at radius 2 is 1.96 bits per heavy atom. The molecule has 6 nitrogen and oxygen atoms in total. The zero-order chi connectivity index (χ0) is 16.8. The molecule has 1 aliphatic carbocycles. The van der Waals surface area contributed by atoms with Crippen LogP contribution in [0.3, 0.4) is 0 Å². The van der Waals surface area contributed by atoms with Crippen LogP contribution in [0.1, 0.15) is 51.9 Å². The molecule has 3 rings (SSSR count). The van der Waals surface area contributed by atoms with E-state index in [-0.39, 0.29) is 5.97 Å². The molecule has 0 radical (unpaired) electrons. The first-order valence-corrected chi connectivity index (χ1v) is 9.22. The molecule has 1 N–H and O–H groups in total. The van der Waals surface area contributed by atoms with Crippen LogP contribution in [0, 0.1) is 5.41 Å². The predicted molar refractivity (Wildman–Crippen MR) is 94.1 cm³/mol. The Kier molecular flexibility index (Phi) is 5.53. The lowest BCUT2D eigenvalue weighted by molar-refractivity contribution is -0.154. The lowest BCUT2D eigenvalue weighted by Crippen LogP contribution is -2.37. The number of carbonyl (C=O) groups excluding carboxylic acids is 1. The second-order valence-electron chi connectivity index (χ2n) is 6.87. The smallest absolute Gasteiger partial charge is 0.313 e. The number of hydrogen-bond acceptors (Lipinski definition) is 6. The number of ether oxygens (including phenoxy) is 1. The fourth-order valence-electron chi connectivity index (χ4n) is 3.79. The monoisotopic (exact) mass is 332 g/mol. The van der Waals surface area contributed by atoms with Crippen molar-refractivity contribution in [2.75, 3.05) is 36.5 Å². The van der Waals surface area contributed by atoms with Crippen molar-refractivity contribution in [2.24, 2.45) is 5.41 Å². The van der Waals surface area contributed by atoms with Crippen LogP contribution in [0.25, 0.3) is 0 Å². The van der Waals surface area contributed by atoms with Crippen LogP contribution in [-0.4, -0.2) is 42.2 Å². The van der Waals surface area contributed by atoms with Crippen molar-refractivity contribution in [1.82, 2.24) is 9.97 Å². The second kappa shape index (κ2) is 7.81. The summed E-state index contributed by atoms with van der Waals surface area (Å²) >= 11 is 0. The van der Waals surface area contributed by atoms with Crippen molar-refractivity contribution >= 4 is 17.6 Å². The van der Waals surface area contributed by atoms with Gasteiger partial charge in [0.2, 0.25) is 0 Å². The van der Waals surface area contributed by atoms with E-state index in [1.165, 1.54) is 19.3 Å². The van der Waals surface area contributed by atoms with Gasteiger partial charge in [-0.15, -0.1) is 0 Å². The Morgan fingerprint density at radius 1 is 1.21 bits per heavy atom. The molecule has 2 heterocycles. The molecule has 0 atom stereocenters. The minimum absolute atomic E-state index is 0.0692. The molecule has 1 aromatic heterocycles. The Balaban J connectivity index is 1.65. The molecule has 0 aromatic carbocycles. The van der Waals surface area contributed by atoms with Gasteiger partial charge in [0.05, 0.1) is 12.0 Å². The standard InChI is InChI=1S/C18H28N4O2/c1-2-24-17(23)18(8-4-5-9-18)13-19-15-12-16(21-14-20-15)22-10-6-3-7-11-22/h12,14H,2-11,13H2,1H3,(H,19,20,21). The third-order valence-electron chi connectivity index (χ3n) is 5.21. The Hall–Kier alpha value is -1.85. The number of anilines is 2. The van der Waals surface area contributed by atoms with E-state index in [0.717, 1.165) is 50.4 Å². The summed E-state index contributed by atoms with van der Waals surface area (Å²) in [4.78, 5) is 23.5. The lowest BCUT2D eigenvalue weighted by Gasteiger charge is -2.29. The highest BCUT2D eigenvalue weighted by Crippen LogP contribution is 2.39. The number of carbonyl (C=O) groups is 1. The molecule has 2 aliphatic rings. The number of esters is 1. The average molecular weight is 332 g/mol.